The van der Waals surface area contributed by atoms with E-state index in [2.05, 4.69) is 25.9 Å². The van der Waals surface area contributed by atoms with Gasteiger partial charge in [-0.2, -0.15) is 0 Å². The van der Waals surface area contributed by atoms with Crippen LogP contribution in [-0.2, 0) is 11.2 Å². The van der Waals surface area contributed by atoms with Crippen molar-refractivity contribution < 1.29 is 9.90 Å². The molecule has 0 saturated carbocycles. The molecule has 0 saturated heterocycles. The van der Waals surface area contributed by atoms with Gasteiger partial charge in [-0.05, 0) is 34.5 Å². The summed E-state index contributed by atoms with van der Waals surface area (Å²) in [7, 11) is 0. The smallest absolute Gasteiger partial charge is 0.303 e. The van der Waals surface area contributed by atoms with Gasteiger partial charge in [0.05, 0.1) is 17.5 Å². The number of aromatic nitrogens is 3. The minimum Gasteiger partial charge on any atom is -0.481 e. The fraction of sp³-hybridized carbons (Fsp3) is 0.231. The number of fused-ring (bicyclic) bond motifs is 3. The standard InChI is InChI=1S/C13H12BrN3O2/c1-7-3-2-4-9-11(7)16-13-15-8(5-6-10(18)19)12(14)17(9)13/h2-4H,5-6H2,1H3,(H,15,16)(H,18,19). The van der Waals surface area contributed by atoms with E-state index < -0.39 is 5.97 Å². The number of carboxylic acids is 1. The predicted octanol–water partition coefficient (Wildman–Crippen LogP) is 2.90. The number of halogens is 1. The van der Waals surface area contributed by atoms with Crippen LogP contribution in [0.25, 0.3) is 16.8 Å². The molecule has 3 aromatic rings. The van der Waals surface area contributed by atoms with Crippen molar-refractivity contribution in [3.05, 3.63) is 34.1 Å². The zero-order valence-corrected chi connectivity index (χ0v) is 11.9. The van der Waals surface area contributed by atoms with Crippen LogP contribution < -0.4 is 0 Å². The summed E-state index contributed by atoms with van der Waals surface area (Å²) in [5.74, 6) is -0.0728. The van der Waals surface area contributed by atoms with Crippen LogP contribution in [0.3, 0.4) is 0 Å². The minimum absolute atomic E-state index is 0.0965. The van der Waals surface area contributed by atoms with E-state index in [4.69, 9.17) is 5.11 Å². The van der Waals surface area contributed by atoms with E-state index in [1.807, 2.05) is 29.5 Å². The van der Waals surface area contributed by atoms with Crippen LogP contribution >= 0.6 is 15.9 Å². The largest absolute Gasteiger partial charge is 0.481 e. The van der Waals surface area contributed by atoms with E-state index in [0.717, 1.165) is 32.7 Å². The average molecular weight is 322 g/mol. The van der Waals surface area contributed by atoms with Gasteiger partial charge in [0.2, 0.25) is 5.78 Å². The number of benzene rings is 1. The van der Waals surface area contributed by atoms with Gasteiger partial charge < -0.3 is 10.1 Å². The number of imidazole rings is 2. The van der Waals surface area contributed by atoms with Crippen molar-refractivity contribution in [3.63, 3.8) is 0 Å². The first-order valence-corrected chi connectivity index (χ1v) is 6.73. The first-order valence-electron chi connectivity index (χ1n) is 5.94. The quantitative estimate of drug-likeness (QED) is 0.779. The lowest BCUT2D eigenvalue weighted by atomic mass is 10.2. The summed E-state index contributed by atoms with van der Waals surface area (Å²) in [5, 5.41) is 8.75. The summed E-state index contributed by atoms with van der Waals surface area (Å²) < 4.78 is 2.82. The van der Waals surface area contributed by atoms with Crippen molar-refractivity contribution in [1.29, 1.82) is 0 Å². The Balaban J connectivity index is 2.17. The highest BCUT2D eigenvalue weighted by atomic mass is 79.9. The zero-order valence-electron chi connectivity index (χ0n) is 10.3. The highest BCUT2D eigenvalue weighted by Gasteiger charge is 2.15. The SMILES string of the molecule is Cc1cccc2c1nc1[nH]c(CCC(=O)O)c(Br)n12. The molecule has 0 unspecified atom stereocenters. The molecule has 0 atom stereocenters. The number of rotatable bonds is 3. The summed E-state index contributed by atoms with van der Waals surface area (Å²) in [5.41, 5.74) is 3.95. The molecule has 0 spiro atoms. The van der Waals surface area contributed by atoms with Crippen LogP contribution in [0.5, 0.6) is 0 Å². The normalized spacial score (nSPS) is 11.5. The van der Waals surface area contributed by atoms with Crippen molar-refractivity contribution in [1.82, 2.24) is 14.4 Å². The molecule has 2 N–H and O–H groups in total. The number of nitrogens with zero attached hydrogens (tertiary/aromatic N) is 2. The Morgan fingerprint density at radius 2 is 2.32 bits per heavy atom. The van der Waals surface area contributed by atoms with Gasteiger partial charge in [0.1, 0.15) is 4.60 Å². The molecule has 2 aromatic heterocycles. The Kier molecular flexibility index (Phi) is 2.82. The van der Waals surface area contributed by atoms with Gasteiger partial charge >= 0.3 is 5.97 Å². The van der Waals surface area contributed by atoms with E-state index in [1.165, 1.54) is 0 Å². The fourth-order valence-electron chi connectivity index (χ4n) is 2.24. The molecule has 0 bridgehead atoms. The Hall–Kier alpha value is -1.82. The number of aromatic amines is 1. The van der Waals surface area contributed by atoms with E-state index in [9.17, 15) is 4.79 Å². The number of hydrogen-bond donors (Lipinski definition) is 2. The number of aryl methyl sites for hydroxylation is 2. The first kappa shape index (κ1) is 12.2. The van der Waals surface area contributed by atoms with Crippen LogP contribution in [-0.4, -0.2) is 25.4 Å². The second kappa shape index (κ2) is 4.38. The van der Waals surface area contributed by atoms with Crippen LogP contribution in [0, 0.1) is 6.92 Å². The number of hydrogen-bond acceptors (Lipinski definition) is 2. The van der Waals surface area contributed by atoms with Crippen LogP contribution in [0.4, 0.5) is 0 Å². The number of aliphatic carboxylic acids is 1. The maximum Gasteiger partial charge on any atom is 0.303 e. The van der Waals surface area contributed by atoms with Crippen molar-refractivity contribution in [2.45, 2.75) is 19.8 Å². The molecule has 0 fully saturated rings. The average Bonchev–Trinajstić information content (AvgIpc) is 2.86. The molecule has 5 nitrogen and oxygen atoms in total. The van der Waals surface area contributed by atoms with Crippen LogP contribution in [0.2, 0.25) is 0 Å². The van der Waals surface area contributed by atoms with Crippen molar-refractivity contribution in [2.75, 3.05) is 0 Å². The second-order valence-corrected chi connectivity index (χ2v) is 5.25. The van der Waals surface area contributed by atoms with E-state index in [-0.39, 0.29) is 6.42 Å². The number of carbonyl (C=O) groups is 1. The molecular formula is C13H12BrN3O2. The summed E-state index contributed by atoms with van der Waals surface area (Å²) in [6.45, 7) is 2.02. The molecule has 0 aliphatic carbocycles. The predicted molar refractivity (Wildman–Crippen MR) is 75.4 cm³/mol. The topological polar surface area (TPSA) is 70.4 Å². The highest BCUT2D eigenvalue weighted by molar-refractivity contribution is 9.10. The lowest BCUT2D eigenvalue weighted by Crippen LogP contribution is -1.98. The third-order valence-corrected chi connectivity index (χ3v) is 4.02. The first-order chi connectivity index (χ1) is 9.08. The van der Waals surface area contributed by atoms with Gasteiger partial charge in [0, 0.05) is 12.1 Å². The Morgan fingerprint density at radius 3 is 3.05 bits per heavy atom. The maximum atomic E-state index is 10.6. The van der Waals surface area contributed by atoms with Gasteiger partial charge in [-0.25, -0.2) is 4.98 Å². The van der Waals surface area contributed by atoms with Crippen LogP contribution in [0.15, 0.2) is 22.8 Å². The summed E-state index contributed by atoms with van der Waals surface area (Å²) in [6, 6.07) is 6.01. The van der Waals surface area contributed by atoms with E-state index >= 15 is 0 Å². The Labute approximate surface area is 117 Å². The molecule has 0 amide bonds. The molecule has 0 aliphatic rings. The van der Waals surface area contributed by atoms with Crippen LogP contribution in [0.1, 0.15) is 17.7 Å². The minimum atomic E-state index is -0.806. The Morgan fingerprint density at radius 1 is 1.53 bits per heavy atom. The second-order valence-electron chi connectivity index (χ2n) is 4.50. The van der Waals surface area contributed by atoms with Gasteiger partial charge in [0.15, 0.2) is 0 Å². The highest BCUT2D eigenvalue weighted by Crippen LogP contribution is 2.26. The molecule has 98 valence electrons. The van der Waals surface area contributed by atoms with E-state index in [0.29, 0.717) is 6.42 Å². The van der Waals surface area contributed by atoms with Gasteiger partial charge in [-0.15, -0.1) is 0 Å². The summed E-state index contributed by atoms with van der Waals surface area (Å²) in [4.78, 5) is 18.4. The zero-order chi connectivity index (χ0) is 13.6. The molecule has 6 heteroatoms. The van der Waals surface area contributed by atoms with E-state index in [1.54, 1.807) is 0 Å². The Bertz CT molecular complexity index is 788. The summed E-state index contributed by atoms with van der Waals surface area (Å²) in [6.07, 6.45) is 0.547. The number of H-pyrrole nitrogens is 1. The molecule has 0 aliphatic heterocycles. The number of carboxylic acid groups (broad SMARTS) is 1. The molecule has 1 aromatic carbocycles. The van der Waals surface area contributed by atoms with Gasteiger partial charge in [-0.1, -0.05) is 12.1 Å². The molecule has 19 heavy (non-hydrogen) atoms. The van der Waals surface area contributed by atoms with Crippen molar-refractivity contribution in [2.24, 2.45) is 0 Å². The van der Waals surface area contributed by atoms with Crippen molar-refractivity contribution >= 4 is 38.7 Å². The third-order valence-electron chi connectivity index (χ3n) is 3.18. The molecule has 3 rings (SSSR count). The maximum absolute atomic E-state index is 10.6. The molecular weight excluding hydrogens is 310 g/mol. The summed E-state index contributed by atoms with van der Waals surface area (Å²) >= 11 is 3.53. The molecule has 2 heterocycles. The lowest BCUT2D eigenvalue weighted by molar-refractivity contribution is -0.136. The fourth-order valence-corrected chi connectivity index (χ4v) is 2.90. The lowest BCUT2D eigenvalue weighted by Gasteiger charge is -1.98. The third kappa shape index (κ3) is 1.92. The molecule has 0 radical (unpaired) electrons. The van der Waals surface area contributed by atoms with Crippen molar-refractivity contribution in [3.8, 4) is 0 Å². The van der Waals surface area contributed by atoms with Gasteiger partial charge in [0.25, 0.3) is 0 Å². The monoisotopic (exact) mass is 321 g/mol. The number of nitrogens with one attached hydrogen (secondary N) is 1. The number of para-hydroxylation sites is 1. The van der Waals surface area contributed by atoms with Gasteiger partial charge in [-0.3, -0.25) is 9.20 Å².